The lowest BCUT2D eigenvalue weighted by molar-refractivity contribution is 0.0858. The zero-order chi connectivity index (χ0) is 10.7. The smallest absolute Gasteiger partial charge is 0.175 e. The van der Waals surface area contributed by atoms with Gasteiger partial charge in [0.25, 0.3) is 0 Å². The van der Waals surface area contributed by atoms with Gasteiger partial charge in [-0.3, -0.25) is 0 Å². The van der Waals surface area contributed by atoms with Gasteiger partial charge in [0, 0.05) is 12.1 Å². The van der Waals surface area contributed by atoms with Gasteiger partial charge in [0.05, 0.1) is 11.6 Å². The molecule has 0 aliphatic carbocycles. The SMILES string of the molecule is CONCc1cc(F)c(F)c(Br)c1F. The third-order valence-corrected chi connectivity index (χ3v) is 2.28. The molecule has 0 saturated carbocycles. The van der Waals surface area contributed by atoms with E-state index in [1.807, 2.05) is 0 Å². The predicted molar refractivity (Wildman–Crippen MR) is 47.9 cm³/mol. The molecule has 1 aromatic rings. The second kappa shape index (κ2) is 4.77. The van der Waals surface area contributed by atoms with Gasteiger partial charge in [-0.1, -0.05) is 0 Å². The summed E-state index contributed by atoms with van der Waals surface area (Å²) in [6, 6.07) is 0.779. The zero-order valence-corrected chi connectivity index (χ0v) is 8.79. The third kappa shape index (κ3) is 2.26. The molecular formula is C8H7BrF3NO. The second-order valence-electron chi connectivity index (χ2n) is 2.48. The molecule has 0 fully saturated rings. The standard InChI is InChI=1S/C8H7BrF3NO/c1-14-13-3-4-2-5(10)8(12)6(9)7(4)11/h2,13H,3H2,1H3. The Balaban J connectivity index is 3.06. The van der Waals surface area contributed by atoms with Gasteiger partial charge >= 0.3 is 0 Å². The number of hydrogen-bond donors (Lipinski definition) is 1. The summed E-state index contributed by atoms with van der Waals surface area (Å²) in [5.41, 5.74) is 2.31. The van der Waals surface area contributed by atoms with Gasteiger partial charge in [-0.25, -0.2) is 13.2 Å². The van der Waals surface area contributed by atoms with E-state index in [0.29, 0.717) is 0 Å². The van der Waals surface area contributed by atoms with E-state index in [9.17, 15) is 13.2 Å². The Morgan fingerprint density at radius 1 is 1.36 bits per heavy atom. The minimum absolute atomic E-state index is 0.0161. The van der Waals surface area contributed by atoms with Crippen LogP contribution in [0.1, 0.15) is 5.56 Å². The predicted octanol–water partition coefficient (Wildman–Crippen LogP) is 2.52. The average Bonchev–Trinajstić information content (AvgIpc) is 2.18. The number of hydroxylamine groups is 1. The van der Waals surface area contributed by atoms with Crippen molar-refractivity contribution in [3.8, 4) is 0 Å². The van der Waals surface area contributed by atoms with Crippen LogP contribution in [0.5, 0.6) is 0 Å². The molecule has 0 bridgehead atoms. The molecule has 2 nitrogen and oxygen atoms in total. The maximum atomic E-state index is 13.2. The van der Waals surface area contributed by atoms with Crippen LogP contribution >= 0.6 is 15.9 Å². The monoisotopic (exact) mass is 269 g/mol. The molecule has 0 atom stereocenters. The zero-order valence-electron chi connectivity index (χ0n) is 7.20. The third-order valence-electron chi connectivity index (χ3n) is 1.58. The van der Waals surface area contributed by atoms with E-state index in [0.717, 1.165) is 6.07 Å². The second-order valence-corrected chi connectivity index (χ2v) is 3.28. The molecule has 0 saturated heterocycles. The quantitative estimate of drug-likeness (QED) is 0.517. The highest BCUT2D eigenvalue weighted by atomic mass is 79.9. The van der Waals surface area contributed by atoms with Gasteiger partial charge in [0.15, 0.2) is 11.6 Å². The molecule has 0 aliphatic heterocycles. The van der Waals surface area contributed by atoms with E-state index < -0.39 is 21.9 Å². The van der Waals surface area contributed by atoms with Crippen molar-refractivity contribution in [2.75, 3.05) is 7.11 Å². The molecule has 0 radical (unpaired) electrons. The van der Waals surface area contributed by atoms with Gasteiger partial charge in [0.2, 0.25) is 0 Å². The highest BCUT2D eigenvalue weighted by molar-refractivity contribution is 9.10. The molecule has 1 aromatic carbocycles. The van der Waals surface area contributed by atoms with Crippen LogP contribution in [0, 0.1) is 17.5 Å². The molecule has 1 N–H and O–H groups in total. The molecule has 0 aliphatic rings. The number of hydrogen-bond acceptors (Lipinski definition) is 2. The van der Waals surface area contributed by atoms with E-state index in [1.165, 1.54) is 7.11 Å². The van der Waals surface area contributed by atoms with Gasteiger partial charge in [-0.15, -0.1) is 0 Å². The van der Waals surface area contributed by atoms with Crippen molar-refractivity contribution in [2.45, 2.75) is 6.54 Å². The van der Waals surface area contributed by atoms with Crippen molar-refractivity contribution in [1.29, 1.82) is 0 Å². The first-order valence-electron chi connectivity index (χ1n) is 3.65. The Hall–Kier alpha value is -0.590. The van der Waals surface area contributed by atoms with Crippen LogP contribution in [0.3, 0.4) is 0 Å². The van der Waals surface area contributed by atoms with Crippen LogP contribution < -0.4 is 5.48 Å². The molecule has 0 spiro atoms. The van der Waals surface area contributed by atoms with Gasteiger partial charge in [0.1, 0.15) is 5.82 Å². The van der Waals surface area contributed by atoms with Crippen LogP contribution in [0.15, 0.2) is 10.5 Å². The van der Waals surface area contributed by atoms with Crippen LogP contribution in [0.4, 0.5) is 13.2 Å². The maximum absolute atomic E-state index is 13.2. The van der Waals surface area contributed by atoms with Crippen LogP contribution in [0.2, 0.25) is 0 Å². The molecule has 0 heterocycles. The molecule has 1 rings (SSSR count). The van der Waals surface area contributed by atoms with Crippen molar-refractivity contribution in [1.82, 2.24) is 5.48 Å². The first-order chi connectivity index (χ1) is 6.57. The topological polar surface area (TPSA) is 21.3 Å². The Labute approximate surface area is 87.1 Å². The highest BCUT2D eigenvalue weighted by Crippen LogP contribution is 2.24. The first kappa shape index (κ1) is 11.5. The molecule has 6 heteroatoms. The number of rotatable bonds is 3. The van der Waals surface area contributed by atoms with E-state index in [4.69, 9.17) is 0 Å². The van der Waals surface area contributed by atoms with Crippen LogP contribution in [-0.4, -0.2) is 7.11 Å². The van der Waals surface area contributed by atoms with Gasteiger partial charge in [-0.05, 0) is 22.0 Å². The van der Waals surface area contributed by atoms with Gasteiger partial charge in [-0.2, -0.15) is 5.48 Å². The molecule has 14 heavy (non-hydrogen) atoms. The van der Waals surface area contributed by atoms with Crippen molar-refractivity contribution < 1.29 is 18.0 Å². The number of nitrogens with one attached hydrogen (secondary N) is 1. The minimum atomic E-state index is -1.23. The molecule has 0 amide bonds. The van der Waals surface area contributed by atoms with Crippen molar-refractivity contribution in [3.05, 3.63) is 33.6 Å². The van der Waals surface area contributed by atoms with Gasteiger partial charge < -0.3 is 4.84 Å². The Morgan fingerprint density at radius 2 is 2.00 bits per heavy atom. The summed E-state index contributed by atoms with van der Waals surface area (Å²) in [7, 11) is 1.34. The summed E-state index contributed by atoms with van der Waals surface area (Å²) in [5, 5.41) is 0. The lowest BCUT2D eigenvalue weighted by Gasteiger charge is -2.06. The fraction of sp³-hybridized carbons (Fsp3) is 0.250. The Morgan fingerprint density at radius 3 is 2.57 bits per heavy atom. The largest absolute Gasteiger partial charge is 0.305 e. The van der Waals surface area contributed by atoms with Crippen molar-refractivity contribution in [3.63, 3.8) is 0 Å². The summed E-state index contributed by atoms with van der Waals surface area (Å²) in [4.78, 5) is 4.46. The normalized spacial score (nSPS) is 10.6. The Bertz CT molecular complexity index is 346. The van der Waals surface area contributed by atoms with Crippen LogP contribution in [0.25, 0.3) is 0 Å². The van der Waals surface area contributed by atoms with E-state index in [1.54, 1.807) is 0 Å². The Kier molecular flexibility index (Phi) is 3.91. The lowest BCUT2D eigenvalue weighted by Crippen LogP contribution is -2.13. The molecule has 0 aromatic heterocycles. The van der Waals surface area contributed by atoms with E-state index in [-0.39, 0.29) is 12.1 Å². The lowest BCUT2D eigenvalue weighted by atomic mass is 10.2. The van der Waals surface area contributed by atoms with Crippen LogP contribution in [-0.2, 0) is 11.4 Å². The number of halogens is 4. The molecule has 78 valence electrons. The van der Waals surface area contributed by atoms with Crippen molar-refractivity contribution in [2.24, 2.45) is 0 Å². The average molecular weight is 270 g/mol. The van der Waals surface area contributed by atoms with E-state index >= 15 is 0 Å². The summed E-state index contributed by atoms with van der Waals surface area (Å²) < 4.78 is 38.3. The van der Waals surface area contributed by atoms with E-state index in [2.05, 4.69) is 26.2 Å². The summed E-state index contributed by atoms with van der Waals surface area (Å²) in [6.45, 7) is -0.0435. The maximum Gasteiger partial charge on any atom is 0.175 e. The first-order valence-corrected chi connectivity index (χ1v) is 4.45. The summed E-state index contributed by atoms with van der Waals surface area (Å²) in [5.74, 6) is -3.18. The summed E-state index contributed by atoms with van der Waals surface area (Å²) >= 11 is 2.61. The molecular weight excluding hydrogens is 263 g/mol. The molecule has 0 unspecified atom stereocenters. The minimum Gasteiger partial charge on any atom is -0.305 e. The van der Waals surface area contributed by atoms with Crippen molar-refractivity contribution >= 4 is 15.9 Å². The number of benzene rings is 1. The fourth-order valence-corrected chi connectivity index (χ4v) is 1.34. The highest BCUT2D eigenvalue weighted by Gasteiger charge is 2.16. The summed E-state index contributed by atoms with van der Waals surface area (Å²) in [6.07, 6.45) is 0. The fourth-order valence-electron chi connectivity index (χ4n) is 0.900.